The Morgan fingerprint density at radius 1 is 1.22 bits per heavy atom. The van der Waals surface area contributed by atoms with Crippen LogP contribution in [0.25, 0.3) is 0 Å². The van der Waals surface area contributed by atoms with E-state index in [-0.39, 0.29) is 0 Å². The third-order valence-electron chi connectivity index (χ3n) is 0.996. The SMILES string of the molecule is N#Cc1ccc([SeH])cc1. The minimum atomic E-state index is 0.713. The number of hydrogen-bond acceptors (Lipinski definition) is 1. The molecule has 0 spiro atoms. The first-order valence-corrected chi connectivity index (χ1v) is 3.46. The van der Waals surface area contributed by atoms with Gasteiger partial charge in [0, 0.05) is 0 Å². The van der Waals surface area contributed by atoms with Crippen molar-refractivity contribution in [1.82, 2.24) is 0 Å². The van der Waals surface area contributed by atoms with E-state index < -0.39 is 0 Å². The van der Waals surface area contributed by atoms with E-state index in [1.807, 2.05) is 18.2 Å². The zero-order chi connectivity index (χ0) is 6.69. The molecule has 44 valence electrons. The van der Waals surface area contributed by atoms with Crippen LogP contribution in [-0.4, -0.2) is 16.0 Å². The van der Waals surface area contributed by atoms with Crippen LogP contribution in [0.1, 0.15) is 5.56 Å². The maximum atomic E-state index is 8.37. The Balaban J connectivity index is 3.06. The van der Waals surface area contributed by atoms with Gasteiger partial charge in [-0.1, -0.05) is 0 Å². The standard InChI is InChI=1S/C7H5NSe/c8-5-6-1-3-7(9)4-2-6/h1-4,9H. The van der Waals surface area contributed by atoms with Crippen molar-refractivity contribution in [3.63, 3.8) is 0 Å². The van der Waals surface area contributed by atoms with Gasteiger partial charge in [-0.3, -0.25) is 0 Å². The molecule has 0 unspecified atom stereocenters. The number of nitriles is 1. The molecule has 0 aliphatic rings. The van der Waals surface area contributed by atoms with Crippen LogP contribution in [0, 0.1) is 11.3 Å². The van der Waals surface area contributed by atoms with Crippen LogP contribution in [0.4, 0.5) is 0 Å². The van der Waals surface area contributed by atoms with Gasteiger partial charge in [0.2, 0.25) is 0 Å². The normalized spacial score (nSPS) is 8.44. The predicted octanol–water partition coefficient (Wildman–Crippen LogP) is 0.0844. The molecule has 0 aromatic heterocycles. The molecule has 0 aliphatic carbocycles. The summed E-state index contributed by atoms with van der Waals surface area (Å²) in [4.78, 5) is 0. The van der Waals surface area contributed by atoms with Crippen LogP contribution in [0.5, 0.6) is 0 Å². The molecule has 2 heteroatoms. The molecule has 0 amide bonds. The number of nitrogens with zero attached hydrogens (tertiary/aromatic N) is 1. The molecule has 0 heterocycles. The Kier molecular flexibility index (Phi) is 1.89. The van der Waals surface area contributed by atoms with Crippen LogP contribution < -0.4 is 4.46 Å². The second-order valence-electron chi connectivity index (χ2n) is 1.66. The van der Waals surface area contributed by atoms with Crippen LogP contribution >= 0.6 is 0 Å². The van der Waals surface area contributed by atoms with Crippen LogP contribution in [0.15, 0.2) is 24.3 Å². The van der Waals surface area contributed by atoms with E-state index in [9.17, 15) is 0 Å². The van der Waals surface area contributed by atoms with E-state index in [0.29, 0.717) is 5.56 Å². The molecule has 0 aliphatic heterocycles. The average molecular weight is 182 g/mol. The van der Waals surface area contributed by atoms with E-state index in [4.69, 9.17) is 5.26 Å². The van der Waals surface area contributed by atoms with E-state index in [1.165, 1.54) is 0 Å². The third kappa shape index (κ3) is 1.57. The fourth-order valence-electron chi connectivity index (χ4n) is 0.536. The second-order valence-corrected chi connectivity index (χ2v) is 2.74. The van der Waals surface area contributed by atoms with Crippen molar-refractivity contribution in [2.75, 3.05) is 0 Å². The van der Waals surface area contributed by atoms with Crippen LogP contribution in [0.3, 0.4) is 0 Å². The van der Waals surface area contributed by atoms with Crippen molar-refractivity contribution in [3.05, 3.63) is 29.8 Å². The predicted molar refractivity (Wildman–Crippen MR) is 37.9 cm³/mol. The zero-order valence-electron chi connectivity index (χ0n) is 4.70. The third-order valence-corrected chi connectivity index (χ3v) is 1.62. The van der Waals surface area contributed by atoms with E-state index in [0.717, 1.165) is 4.46 Å². The molecule has 0 atom stereocenters. The van der Waals surface area contributed by atoms with Gasteiger partial charge >= 0.3 is 61.6 Å². The van der Waals surface area contributed by atoms with Gasteiger partial charge in [0.05, 0.1) is 0 Å². The van der Waals surface area contributed by atoms with E-state index in [2.05, 4.69) is 16.0 Å². The van der Waals surface area contributed by atoms with Crippen LogP contribution in [0.2, 0.25) is 0 Å². The average Bonchev–Trinajstić information content (AvgIpc) is 1.90. The monoisotopic (exact) mass is 183 g/mol. The number of benzene rings is 1. The van der Waals surface area contributed by atoms with Gasteiger partial charge in [0.1, 0.15) is 0 Å². The maximum absolute atomic E-state index is 8.37. The molecule has 0 bridgehead atoms. The fraction of sp³-hybridized carbons (Fsp3) is 0. The van der Waals surface area contributed by atoms with Gasteiger partial charge < -0.3 is 0 Å². The first kappa shape index (κ1) is 6.35. The van der Waals surface area contributed by atoms with Crippen LogP contribution in [-0.2, 0) is 0 Å². The topological polar surface area (TPSA) is 23.8 Å². The number of hydrogen-bond donors (Lipinski definition) is 0. The summed E-state index contributed by atoms with van der Waals surface area (Å²) in [6.45, 7) is 0. The molecule has 0 N–H and O–H groups in total. The summed E-state index contributed by atoms with van der Waals surface area (Å²) in [6, 6.07) is 9.45. The van der Waals surface area contributed by atoms with Crippen molar-refractivity contribution in [2.45, 2.75) is 0 Å². The summed E-state index contributed by atoms with van der Waals surface area (Å²) in [7, 11) is 0. The summed E-state index contributed by atoms with van der Waals surface area (Å²) in [5.74, 6) is 0. The summed E-state index contributed by atoms with van der Waals surface area (Å²) in [6.07, 6.45) is 0. The van der Waals surface area contributed by atoms with Crippen molar-refractivity contribution in [1.29, 1.82) is 5.26 Å². The Labute approximate surface area is 62.1 Å². The number of rotatable bonds is 0. The van der Waals surface area contributed by atoms with Gasteiger partial charge in [-0.25, -0.2) is 0 Å². The first-order valence-electron chi connectivity index (χ1n) is 2.52. The molecule has 0 fully saturated rings. The van der Waals surface area contributed by atoms with E-state index in [1.54, 1.807) is 12.1 Å². The molecule has 1 nitrogen and oxygen atoms in total. The van der Waals surface area contributed by atoms with Gasteiger partial charge in [0.25, 0.3) is 0 Å². The summed E-state index contributed by atoms with van der Waals surface area (Å²) >= 11 is 2.42. The van der Waals surface area contributed by atoms with Crippen molar-refractivity contribution in [2.24, 2.45) is 0 Å². The molecular formula is C7H5NSe. The molecule has 1 aromatic carbocycles. The first-order chi connectivity index (χ1) is 4.33. The van der Waals surface area contributed by atoms with E-state index >= 15 is 0 Å². The molecule has 9 heavy (non-hydrogen) atoms. The molecular weight excluding hydrogens is 177 g/mol. The molecule has 1 rings (SSSR count). The molecule has 0 saturated heterocycles. The summed E-state index contributed by atoms with van der Waals surface area (Å²) in [5.41, 5.74) is 0.713. The molecule has 0 radical (unpaired) electrons. The van der Waals surface area contributed by atoms with Crippen molar-refractivity contribution < 1.29 is 0 Å². The summed E-state index contributed by atoms with van der Waals surface area (Å²) in [5, 5.41) is 8.37. The van der Waals surface area contributed by atoms with Crippen molar-refractivity contribution >= 4 is 20.5 Å². The zero-order valence-corrected chi connectivity index (χ0v) is 6.58. The van der Waals surface area contributed by atoms with Gasteiger partial charge in [-0.15, -0.1) is 0 Å². The van der Waals surface area contributed by atoms with Gasteiger partial charge in [0.15, 0.2) is 0 Å². The quantitative estimate of drug-likeness (QED) is 0.521. The van der Waals surface area contributed by atoms with Crippen molar-refractivity contribution in [3.8, 4) is 6.07 Å². The van der Waals surface area contributed by atoms with Gasteiger partial charge in [-0.05, 0) is 0 Å². The Hall–Kier alpha value is -0.771. The van der Waals surface area contributed by atoms with Gasteiger partial charge in [-0.2, -0.15) is 0 Å². The minimum absolute atomic E-state index is 0.713. The molecule has 1 aromatic rings. The Bertz CT molecular complexity index is 232. The second kappa shape index (κ2) is 2.68. The Morgan fingerprint density at radius 3 is 2.22 bits per heavy atom. The Morgan fingerprint density at radius 2 is 1.78 bits per heavy atom. The fourth-order valence-corrected chi connectivity index (χ4v) is 0.849. The summed E-state index contributed by atoms with van der Waals surface area (Å²) < 4.78 is 1.13. The molecule has 0 saturated carbocycles.